The highest BCUT2D eigenvalue weighted by Gasteiger charge is 2.09. The normalized spacial score (nSPS) is 12.0. The summed E-state index contributed by atoms with van der Waals surface area (Å²) in [6.07, 6.45) is 0.924. The number of halogens is 1. The lowest BCUT2D eigenvalue weighted by Crippen LogP contribution is -2.13. The molecule has 2 aromatic carbocycles. The predicted octanol–water partition coefficient (Wildman–Crippen LogP) is 3.68. The van der Waals surface area contributed by atoms with E-state index in [0.717, 1.165) is 16.6 Å². The van der Waals surface area contributed by atoms with Crippen LogP contribution in [0.3, 0.4) is 0 Å². The fourth-order valence-electron chi connectivity index (χ4n) is 2.42. The lowest BCUT2D eigenvalue weighted by molar-refractivity contribution is 0.0998. The van der Waals surface area contributed by atoms with E-state index in [1.165, 1.54) is 41.2 Å². The van der Waals surface area contributed by atoms with Crippen molar-refractivity contribution in [1.29, 1.82) is 0 Å². The molecular weight excluding hydrogens is 299 g/mol. The fourth-order valence-corrected chi connectivity index (χ4v) is 3.49. The average Bonchev–Trinajstić information content (AvgIpc) is 2.84. The number of hydrogen-bond donors (Lipinski definition) is 0. The van der Waals surface area contributed by atoms with Gasteiger partial charge >= 0.3 is 0 Å². The highest BCUT2D eigenvalue weighted by atomic mass is 32.1. The summed E-state index contributed by atoms with van der Waals surface area (Å²) in [7, 11) is 1.91. The van der Waals surface area contributed by atoms with Crippen LogP contribution in [-0.2, 0) is 13.5 Å². The number of benzene rings is 2. The van der Waals surface area contributed by atoms with Gasteiger partial charge in [0.15, 0.2) is 4.80 Å². The number of carbonyl (C=O) groups excluding carboxylic acids is 1. The molecule has 0 aliphatic heterocycles. The van der Waals surface area contributed by atoms with Crippen LogP contribution in [-0.4, -0.2) is 10.5 Å². The lowest BCUT2D eigenvalue weighted by atomic mass is 10.1. The summed E-state index contributed by atoms with van der Waals surface area (Å²) in [6.45, 7) is 2.10. The molecular formula is C17H15FN2OS. The molecule has 1 heterocycles. The van der Waals surface area contributed by atoms with Gasteiger partial charge < -0.3 is 4.57 Å². The highest BCUT2D eigenvalue weighted by molar-refractivity contribution is 7.16. The van der Waals surface area contributed by atoms with Gasteiger partial charge in [0.05, 0.1) is 10.2 Å². The van der Waals surface area contributed by atoms with Gasteiger partial charge in [0.2, 0.25) is 0 Å². The topological polar surface area (TPSA) is 34.4 Å². The second kappa shape index (κ2) is 5.85. The lowest BCUT2D eigenvalue weighted by Gasteiger charge is -2.01. The molecule has 1 amide bonds. The minimum atomic E-state index is -0.364. The maximum atomic E-state index is 12.9. The third kappa shape index (κ3) is 2.60. The monoisotopic (exact) mass is 314 g/mol. The van der Waals surface area contributed by atoms with Gasteiger partial charge in [-0.2, -0.15) is 4.99 Å². The van der Waals surface area contributed by atoms with E-state index in [-0.39, 0.29) is 11.7 Å². The summed E-state index contributed by atoms with van der Waals surface area (Å²) in [5.41, 5.74) is 2.72. The van der Waals surface area contributed by atoms with E-state index in [1.54, 1.807) is 0 Å². The van der Waals surface area contributed by atoms with Crippen LogP contribution in [0, 0.1) is 5.82 Å². The van der Waals surface area contributed by atoms with Crippen molar-refractivity contribution in [3.8, 4) is 0 Å². The van der Waals surface area contributed by atoms with Gasteiger partial charge in [0.25, 0.3) is 5.91 Å². The van der Waals surface area contributed by atoms with E-state index < -0.39 is 0 Å². The molecule has 0 aliphatic carbocycles. The third-order valence-corrected chi connectivity index (χ3v) is 4.67. The Labute approximate surface area is 131 Å². The number of aryl methyl sites for hydroxylation is 2. The van der Waals surface area contributed by atoms with Gasteiger partial charge in [-0.15, -0.1) is 0 Å². The van der Waals surface area contributed by atoms with Crippen LogP contribution < -0.4 is 4.80 Å². The Hall–Kier alpha value is -2.27. The molecule has 1 aromatic heterocycles. The number of carbonyl (C=O) groups is 1. The second-order valence-corrected chi connectivity index (χ2v) is 5.99. The van der Waals surface area contributed by atoms with Crippen molar-refractivity contribution in [1.82, 2.24) is 4.57 Å². The van der Waals surface area contributed by atoms with E-state index in [1.807, 2.05) is 23.7 Å². The predicted molar refractivity (Wildman–Crippen MR) is 86.5 cm³/mol. The van der Waals surface area contributed by atoms with Crippen molar-refractivity contribution in [3.05, 3.63) is 64.2 Å². The van der Waals surface area contributed by atoms with Crippen LogP contribution in [0.1, 0.15) is 22.8 Å². The summed E-state index contributed by atoms with van der Waals surface area (Å²) in [4.78, 5) is 17.0. The van der Waals surface area contributed by atoms with Crippen LogP contribution in [0.4, 0.5) is 4.39 Å². The molecule has 22 heavy (non-hydrogen) atoms. The Balaban J connectivity index is 2.11. The number of thiazole rings is 1. The number of para-hydroxylation sites is 1. The average molecular weight is 314 g/mol. The SMILES string of the molecule is CCc1cccc2sc(=NC(=O)c3ccc(F)cc3)n(C)c12. The Morgan fingerprint density at radius 2 is 1.95 bits per heavy atom. The van der Waals surface area contributed by atoms with Gasteiger partial charge in [-0.05, 0) is 42.3 Å². The molecule has 3 aromatic rings. The quantitative estimate of drug-likeness (QED) is 0.710. The Morgan fingerprint density at radius 3 is 2.64 bits per heavy atom. The minimum absolute atomic E-state index is 0.361. The molecule has 0 aliphatic rings. The molecule has 0 saturated carbocycles. The van der Waals surface area contributed by atoms with E-state index >= 15 is 0 Å². The zero-order chi connectivity index (χ0) is 15.7. The Kier molecular flexibility index (Phi) is 3.90. The maximum Gasteiger partial charge on any atom is 0.279 e. The van der Waals surface area contributed by atoms with Crippen LogP contribution in [0.25, 0.3) is 10.2 Å². The van der Waals surface area contributed by atoms with Crippen molar-refractivity contribution >= 4 is 27.5 Å². The second-order valence-electron chi connectivity index (χ2n) is 4.98. The standard InChI is InChI=1S/C17H15FN2OS/c1-3-11-5-4-6-14-15(11)20(2)17(22-14)19-16(21)12-7-9-13(18)10-8-12/h4-10H,3H2,1-2H3. The zero-order valence-corrected chi connectivity index (χ0v) is 13.2. The molecule has 5 heteroatoms. The first-order valence-electron chi connectivity index (χ1n) is 7.02. The first kappa shape index (κ1) is 14.7. The zero-order valence-electron chi connectivity index (χ0n) is 12.3. The van der Waals surface area contributed by atoms with Crippen LogP contribution in [0.15, 0.2) is 47.5 Å². The number of amides is 1. The number of aromatic nitrogens is 1. The first-order valence-corrected chi connectivity index (χ1v) is 7.84. The number of nitrogens with zero attached hydrogens (tertiary/aromatic N) is 2. The molecule has 3 nitrogen and oxygen atoms in total. The summed E-state index contributed by atoms with van der Waals surface area (Å²) in [6, 6.07) is 11.6. The number of hydrogen-bond acceptors (Lipinski definition) is 2. The van der Waals surface area contributed by atoms with Crippen molar-refractivity contribution in [2.45, 2.75) is 13.3 Å². The molecule has 0 atom stereocenters. The van der Waals surface area contributed by atoms with Crippen LogP contribution in [0.5, 0.6) is 0 Å². The van der Waals surface area contributed by atoms with E-state index in [9.17, 15) is 9.18 Å². The summed E-state index contributed by atoms with van der Waals surface area (Å²) >= 11 is 1.48. The number of rotatable bonds is 2. The molecule has 3 rings (SSSR count). The largest absolute Gasteiger partial charge is 0.319 e. The Morgan fingerprint density at radius 1 is 1.23 bits per heavy atom. The van der Waals surface area contributed by atoms with Crippen molar-refractivity contribution in [2.75, 3.05) is 0 Å². The van der Waals surface area contributed by atoms with E-state index in [4.69, 9.17) is 0 Å². The van der Waals surface area contributed by atoms with Gasteiger partial charge in [0.1, 0.15) is 5.82 Å². The Bertz CT molecular complexity index is 907. The number of fused-ring (bicyclic) bond motifs is 1. The summed E-state index contributed by atoms with van der Waals surface area (Å²) in [5.74, 6) is -0.725. The highest BCUT2D eigenvalue weighted by Crippen LogP contribution is 2.21. The molecule has 0 bridgehead atoms. The minimum Gasteiger partial charge on any atom is -0.319 e. The summed E-state index contributed by atoms with van der Waals surface area (Å²) in [5, 5.41) is 0. The molecule has 112 valence electrons. The molecule has 0 spiro atoms. The van der Waals surface area contributed by atoms with Crippen LogP contribution in [0.2, 0.25) is 0 Å². The molecule has 0 unspecified atom stereocenters. The van der Waals surface area contributed by atoms with Gasteiger partial charge in [-0.1, -0.05) is 30.4 Å². The maximum absolute atomic E-state index is 12.9. The summed E-state index contributed by atoms with van der Waals surface area (Å²) < 4.78 is 16.0. The van der Waals surface area contributed by atoms with Gasteiger partial charge in [-0.25, -0.2) is 4.39 Å². The van der Waals surface area contributed by atoms with Gasteiger partial charge in [0, 0.05) is 12.6 Å². The van der Waals surface area contributed by atoms with Crippen molar-refractivity contribution < 1.29 is 9.18 Å². The smallest absolute Gasteiger partial charge is 0.279 e. The fraction of sp³-hybridized carbons (Fsp3) is 0.176. The third-order valence-electron chi connectivity index (χ3n) is 3.58. The van der Waals surface area contributed by atoms with E-state index in [2.05, 4.69) is 18.0 Å². The van der Waals surface area contributed by atoms with E-state index in [0.29, 0.717) is 10.4 Å². The molecule has 0 N–H and O–H groups in total. The van der Waals surface area contributed by atoms with Gasteiger partial charge in [-0.3, -0.25) is 4.79 Å². The molecule has 0 fully saturated rings. The first-order chi connectivity index (χ1) is 10.6. The molecule has 0 radical (unpaired) electrons. The van der Waals surface area contributed by atoms with Crippen molar-refractivity contribution in [3.63, 3.8) is 0 Å². The van der Waals surface area contributed by atoms with Crippen molar-refractivity contribution in [2.24, 2.45) is 12.0 Å². The molecule has 0 saturated heterocycles. The van der Waals surface area contributed by atoms with Crippen LogP contribution >= 0.6 is 11.3 Å².